The maximum atomic E-state index is 11.9. The number of thiazole rings is 1. The Hall–Kier alpha value is -1.34. The minimum Gasteiger partial charge on any atom is -0.346 e. The number of carbonyl (C=O) groups excluding carboxylic acids is 1. The number of fused-ring (bicyclic) bond motifs is 1. The number of rotatable bonds is 2. The molecule has 0 aromatic carbocycles. The van der Waals surface area contributed by atoms with Gasteiger partial charge in [-0.1, -0.05) is 11.3 Å². The third-order valence-electron chi connectivity index (χ3n) is 4.11. The van der Waals surface area contributed by atoms with E-state index in [9.17, 15) is 4.79 Å². The number of piperazine rings is 1. The summed E-state index contributed by atoms with van der Waals surface area (Å²) in [6.45, 7) is 8.37. The van der Waals surface area contributed by atoms with Crippen LogP contribution < -0.4 is 10.2 Å². The second kappa shape index (κ2) is 6.19. The van der Waals surface area contributed by atoms with E-state index in [4.69, 9.17) is 4.98 Å². The number of likely N-dealkylation sites (N-methyl/N-ethyl adjacent to an activating group) is 1. The van der Waals surface area contributed by atoms with Crippen LogP contribution in [-0.2, 0) is 13.0 Å². The molecule has 1 fully saturated rings. The van der Waals surface area contributed by atoms with Gasteiger partial charge < -0.3 is 20.0 Å². The highest BCUT2D eigenvalue weighted by Crippen LogP contribution is 2.31. The summed E-state index contributed by atoms with van der Waals surface area (Å²) < 4.78 is 0. The van der Waals surface area contributed by atoms with E-state index in [2.05, 4.69) is 22.2 Å². The van der Waals surface area contributed by atoms with Gasteiger partial charge in [-0.05, 0) is 14.0 Å². The average molecular weight is 309 g/mol. The van der Waals surface area contributed by atoms with E-state index in [0.29, 0.717) is 13.1 Å². The van der Waals surface area contributed by atoms with Gasteiger partial charge in [0, 0.05) is 50.6 Å². The van der Waals surface area contributed by atoms with Gasteiger partial charge in [0.1, 0.15) is 0 Å². The number of hydrogen-bond acceptors (Lipinski definition) is 5. The van der Waals surface area contributed by atoms with Gasteiger partial charge in [0.2, 0.25) is 0 Å². The van der Waals surface area contributed by atoms with Gasteiger partial charge in [-0.2, -0.15) is 0 Å². The van der Waals surface area contributed by atoms with E-state index >= 15 is 0 Å². The molecule has 0 spiro atoms. The molecule has 3 rings (SSSR count). The lowest BCUT2D eigenvalue weighted by Crippen LogP contribution is -2.44. The first-order valence-corrected chi connectivity index (χ1v) is 8.44. The van der Waals surface area contributed by atoms with Gasteiger partial charge in [0.05, 0.1) is 12.2 Å². The lowest BCUT2D eigenvalue weighted by molar-refractivity contribution is 0.193. The first-order valence-electron chi connectivity index (χ1n) is 7.62. The maximum Gasteiger partial charge on any atom is 0.317 e. The van der Waals surface area contributed by atoms with E-state index in [1.807, 2.05) is 11.8 Å². The molecule has 1 N–H and O–H groups in total. The number of nitrogens with one attached hydrogen (secondary N) is 1. The van der Waals surface area contributed by atoms with E-state index in [1.165, 1.54) is 10.6 Å². The van der Waals surface area contributed by atoms with Crippen molar-refractivity contribution in [1.82, 2.24) is 20.1 Å². The molecule has 0 radical (unpaired) electrons. The summed E-state index contributed by atoms with van der Waals surface area (Å²) in [5.41, 5.74) is 1.19. The molecule has 2 aliphatic heterocycles. The SMILES string of the molecule is CCNC(=O)N1CCc2nc(N3CCN(C)CC3)sc2C1. The summed E-state index contributed by atoms with van der Waals surface area (Å²) in [5.74, 6) is 0. The van der Waals surface area contributed by atoms with E-state index < -0.39 is 0 Å². The summed E-state index contributed by atoms with van der Waals surface area (Å²) in [4.78, 5) is 24.6. The molecule has 0 bridgehead atoms. The summed E-state index contributed by atoms with van der Waals surface area (Å²) in [6.07, 6.45) is 0.872. The van der Waals surface area contributed by atoms with Crippen molar-refractivity contribution in [3.05, 3.63) is 10.6 Å². The molecular formula is C14H23N5OS. The highest BCUT2D eigenvalue weighted by Gasteiger charge is 2.26. The Labute approximate surface area is 129 Å². The van der Waals surface area contributed by atoms with Crippen molar-refractivity contribution in [2.75, 3.05) is 51.2 Å². The third-order valence-corrected chi connectivity index (χ3v) is 5.25. The topological polar surface area (TPSA) is 51.7 Å². The second-order valence-corrected chi connectivity index (χ2v) is 6.73. The third kappa shape index (κ3) is 3.13. The fourth-order valence-corrected chi connectivity index (χ4v) is 3.93. The highest BCUT2D eigenvalue weighted by atomic mass is 32.1. The molecule has 0 aliphatic carbocycles. The predicted molar refractivity (Wildman–Crippen MR) is 85.0 cm³/mol. The van der Waals surface area contributed by atoms with Crippen LogP contribution in [0.15, 0.2) is 0 Å². The van der Waals surface area contributed by atoms with Crippen LogP contribution in [-0.4, -0.2) is 67.1 Å². The molecule has 116 valence electrons. The minimum absolute atomic E-state index is 0.0395. The van der Waals surface area contributed by atoms with Crippen molar-refractivity contribution in [2.45, 2.75) is 19.9 Å². The van der Waals surface area contributed by atoms with Crippen LogP contribution >= 0.6 is 11.3 Å². The number of urea groups is 1. The summed E-state index contributed by atoms with van der Waals surface area (Å²) >= 11 is 1.76. The summed E-state index contributed by atoms with van der Waals surface area (Å²) in [6, 6.07) is 0.0395. The van der Waals surface area contributed by atoms with E-state index in [-0.39, 0.29) is 6.03 Å². The molecule has 1 saturated heterocycles. The molecule has 2 aliphatic rings. The molecule has 3 heterocycles. The number of aromatic nitrogens is 1. The largest absolute Gasteiger partial charge is 0.346 e. The first kappa shape index (κ1) is 14.6. The normalized spacial score (nSPS) is 19.5. The smallest absolute Gasteiger partial charge is 0.317 e. The van der Waals surface area contributed by atoms with Gasteiger partial charge in [-0.3, -0.25) is 0 Å². The quantitative estimate of drug-likeness (QED) is 0.885. The Morgan fingerprint density at radius 1 is 1.29 bits per heavy atom. The van der Waals surface area contributed by atoms with Crippen molar-refractivity contribution in [1.29, 1.82) is 0 Å². The Kier molecular flexibility index (Phi) is 4.30. The highest BCUT2D eigenvalue weighted by molar-refractivity contribution is 7.15. The van der Waals surface area contributed by atoms with E-state index in [1.54, 1.807) is 11.3 Å². The lowest BCUT2D eigenvalue weighted by Gasteiger charge is -2.32. The number of carbonyl (C=O) groups is 1. The zero-order chi connectivity index (χ0) is 14.8. The van der Waals surface area contributed by atoms with Crippen molar-refractivity contribution in [3.63, 3.8) is 0 Å². The number of hydrogen-bond donors (Lipinski definition) is 1. The van der Waals surface area contributed by atoms with Crippen LogP contribution in [0.4, 0.5) is 9.93 Å². The monoisotopic (exact) mass is 309 g/mol. The molecule has 1 aromatic rings. The Morgan fingerprint density at radius 3 is 2.76 bits per heavy atom. The molecule has 7 heteroatoms. The van der Waals surface area contributed by atoms with Crippen molar-refractivity contribution in [3.8, 4) is 0 Å². The molecular weight excluding hydrogens is 286 g/mol. The van der Waals surface area contributed by atoms with Crippen molar-refractivity contribution in [2.24, 2.45) is 0 Å². The molecule has 0 saturated carbocycles. The van der Waals surface area contributed by atoms with Gasteiger partial charge in [-0.25, -0.2) is 9.78 Å². The molecule has 0 atom stereocenters. The maximum absolute atomic E-state index is 11.9. The lowest BCUT2D eigenvalue weighted by atomic mass is 10.2. The molecule has 0 unspecified atom stereocenters. The molecule has 2 amide bonds. The fraction of sp³-hybridized carbons (Fsp3) is 0.714. The van der Waals surface area contributed by atoms with Gasteiger partial charge in [-0.15, -0.1) is 0 Å². The Bertz CT molecular complexity index is 509. The number of amides is 2. The fourth-order valence-electron chi connectivity index (χ4n) is 2.75. The molecule has 1 aromatic heterocycles. The molecule has 21 heavy (non-hydrogen) atoms. The summed E-state index contributed by atoms with van der Waals surface area (Å²) in [5, 5.41) is 4.01. The Morgan fingerprint density at radius 2 is 2.05 bits per heavy atom. The van der Waals surface area contributed by atoms with Crippen LogP contribution in [0.1, 0.15) is 17.5 Å². The van der Waals surface area contributed by atoms with Gasteiger partial charge >= 0.3 is 6.03 Å². The minimum atomic E-state index is 0.0395. The predicted octanol–water partition coefficient (Wildman–Crippen LogP) is 0.982. The molecule has 6 nitrogen and oxygen atoms in total. The summed E-state index contributed by atoms with van der Waals surface area (Å²) in [7, 11) is 2.16. The zero-order valence-electron chi connectivity index (χ0n) is 12.8. The zero-order valence-corrected chi connectivity index (χ0v) is 13.6. The number of anilines is 1. The van der Waals surface area contributed by atoms with Gasteiger partial charge in [0.25, 0.3) is 0 Å². The Balaban J connectivity index is 1.68. The van der Waals surface area contributed by atoms with Crippen molar-refractivity contribution >= 4 is 22.5 Å². The van der Waals surface area contributed by atoms with Crippen LogP contribution in [0.2, 0.25) is 0 Å². The standard InChI is InChI=1S/C14H23N5OS/c1-3-15-13(20)19-5-4-11-12(10-19)21-14(16-11)18-8-6-17(2)7-9-18/h3-10H2,1-2H3,(H,15,20). The van der Waals surface area contributed by atoms with E-state index in [0.717, 1.165) is 44.3 Å². The average Bonchev–Trinajstić information content (AvgIpc) is 2.91. The first-order chi connectivity index (χ1) is 10.2. The number of nitrogens with zero attached hydrogens (tertiary/aromatic N) is 4. The second-order valence-electron chi connectivity index (χ2n) is 5.66. The van der Waals surface area contributed by atoms with Crippen LogP contribution in [0.25, 0.3) is 0 Å². The van der Waals surface area contributed by atoms with Gasteiger partial charge in [0.15, 0.2) is 5.13 Å². The van der Waals surface area contributed by atoms with Crippen LogP contribution in [0.5, 0.6) is 0 Å². The van der Waals surface area contributed by atoms with Crippen molar-refractivity contribution < 1.29 is 4.79 Å². The van der Waals surface area contributed by atoms with Crippen LogP contribution in [0.3, 0.4) is 0 Å². The van der Waals surface area contributed by atoms with Crippen LogP contribution in [0, 0.1) is 0 Å².